The molecule has 22 heavy (non-hydrogen) atoms. The maximum atomic E-state index is 6.07. The van der Waals surface area contributed by atoms with Crippen molar-refractivity contribution in [2.75, 3.05) is 5.75 Å². The maximum Gasteiger partial charge on any atom is 0.276 e. The number of imidazole rings is 1. The smallest absolute Gasteiger partial charge is 0.276 e. The minimum Gasteiger partial charge on any atom is -0.410 e. The minimum absolute atomic E-state index is 0.477. The summed E-state index contributed by atoms with van der Waals surface area (Å²) >= 11 is 7.67. The third kappa shape index (κ3) is 3.13. The summed E-state index contributed by atoms with van der Waals surface area (Å²) in [5, 5.41) is 9.51. The van der Waals surface area contributed by atoms with E-state index in [0.717, 1.165) is 29.2 Å². The molecule has 0 aliphatic rings. The van der Waals surface area contributed by atoms with E-state index in [0.29, 0.717) is 16.1 Å². The Labute approximate surface area is 138 Å². The van der Waals surface area contributed by atoms with E-state index in [9.17, 15) is 0 Å². The van der Waals surface area contributed by atoms with Crippen LogP contribution in [0.5, 0.6) is 0 Å². The van der Waals surface area contributed by atoms with Crippen LogP contribution in [-0.2, 0) is 0 Å². The summed E-state index contributed by atoms with van der Waals surface area (Å²) in [6, 6.07) is 3.69. The highest BCUT2D eigenvalue weighted by atomic mass is 35.5. The summed E-state index contributed by atoms with van der Waals surface area (Å²) in [7, 11) is 0. The first-order chi connectivity index (χ1) is 10.7. The van der Waals surface area contributed by atoms with Gasteiger partial charge < -0.3 is 4.42 Å². The van der Waals surface area contributed by atoms with Crippen molar-refractivity contribution in [1.82, 2.24) is 19.6 Å². The summed E-state index contributed by atoms with van der Waals surface area (Å²) in [4.78, 5) is 4.50. The highest BCUT2D eigenvalue weighted by Gasteiger charge is 2.17. The monoisotopic (exact) mass is 336 g/mol. The number of aromatic nitrogens is 4. The van der Waals surface area contributed by atoms with E-state index < -0.39 is 0 Å². The van der Waals surface area contributed by atoms with Crippen molar-refractivity contribution >= 4 is 29.0 Å². The summed E-state index contributed by atoms with van der Waals surface area (Å²) in [5.74, 6) is 1.47. The Hall–Kier alpha value is -1.53. The Kier molecular flexibility index (Phi) is 4.69. The molecule has 0 unspecified atom stereocenters. The molecule has 7 heteroatoms. The molecule has 0 saturated carbocycles. The van der Waals surface area contributed by atoms with Gasteiger partial charge in [0.1, 0.15) is 11.3 Å². The largest absolute Gasteiger partial charge is 0.410 e. The van der Waals surface area contributed by atoms with Crippen LogP contribution < -0.4 is 0 Å². The third-order valence-corrected chi connectivity index (χ3v) is 4.47. The minimum atomic E-state index is 0.477. The van der Waals surface area contributed by atoms with Gasteiger partial charge in [0.2, 0.25) is 0 Å². The van der Waals surface area contributed by atoms with Crippen LogP contribution >= 0.6 is 23.4 Å². The van der Waals surface area contributed by atoms with Gasteiger partial charge in [0.25, 0.3) is 11.1 Å². The molecule has 0 fully saturated rings. The van der Waals surface area contributed by atoms with Crippen LogP contribution in [0.15, 0.2) is 28.0 Å². The number of hydrogen-bond donors (Lipinski definition) is 0. The van der Waals surface area contributed by atoms with Gasteiger partial charge in [-0.2, -0.15) is 0 Å². The second kappa shape index (κ2) is 6.71. The normalized spacial score (nSPS) is 11.4. The van der Waals surface area contributed by atoms with Crippen molar-refractivity contribution in [3.05, 3.63) is 29.0 Å². The Balaban J connectivity index is 1.87. The lowest BCUT2D eigenvalue weighted by molar-refractivity contribution is 0.464. The van der Waals surface area contributed by atoms with Crippen molar-refractivity contribution in [1.29, 1.82) is 0 Å². The second-order valence-corrected chi connectivity index (χ2v) is 6.53. The first kappa shape index (κ1) is 15.4. The number of hydrogen-bond acceptors (Lipinski definition) is 5. The lowest BCUT2D eigenvalue weighted by Crippen LogP contribution is -1.89. The van der Waals surface area contributed by atoms with E-state index in [2.05, 4.69) is 22.1 Å². The zero-order chi connectivity index (χ0) is 15.5. The SMILES string of the molecule is CCCCCSc1nnc(-c2c(C)nc3ccc(Cl)cn23)o1. The summed E-state index contributed by atoms with van der Waals surface area (Å²) in [6.45, 7) is 4.11. The molecule has 116 valence electrons. The Morgan fingerprint density at radius 1 is 1.27 bits per heavy atom. The van der Waals surface area contributed by atoms with E-state index in [1.54, 1.807) is 11.8 Å². The molecule has 3 rings (SSSR count). The van der Waals surface area contributed by atoms with Gasteiger partial charge in [0, 0.05) is 11.9 Å². The standard InChI is InChI=1S/C15H17ClN4OS/c1-3-4-5-8-22-15-19-18-14(21-15)13-10(2)17-12-7-6-11(16)9-20(12)13/h6-7,9H,3-5,8H2,1-2H3. The van der Waals surface area contributed by atoms with E-state index in [1.165, 1.54) is 12.8 Å². The van der Waals surface area contributed by atoms with Gasteiger partial charge in [-0.15, -0.1) is 10.2 Å². The van der Waals surface area contributed by atoms with Crippen molar-refractivity contribution in [2.45, 2.75) is 38.3 Å². The van der Waals surface area contributed by atoms with Crippen molar-refractivity contribution in [3.63, 3.8) is 0 Å². The summed E-state index contributed by atoms with van der Waals surface area (Å²) < 4.78 is 7.66. The van der Waals surface area contributed by atoms with Gasteiger partial charge in [-0.1, -0.05) is 43.1 Å². The number of fused-ring (bicyclic) bond motifs is 1. The zero-order valence-corrected chi connectivity index (χ0v) is 14.1. The van der Waals surface area contributed by atoms with Crippen molar-refractivity contribution < 1.29 is 4.42 Å². The Morgan fingerprint density at radius 2 is 2.14 bits per heavy atom. The fourth-order valence-electron chi connectivity index (χ4n) is 2.27. The first-order valence-electron chi connectivity index (χ1n) is 7.30. The number of pyridine rings is 1. The molecule has 0 spiro atoms. The highest BCUT2D eigenvalue weighted by molar-refractivity contribution is 7.99. The zero-order valence-electron chi connectivity index (χ0n) is 12.5. The molecule has 3 aromatic heterocycles. The molecular weight excluding hydrogens is 320 g/mol. The van der Waals surface area contributed by atoms with E-state index in [4.69, 9.17) is 16.0 Å². The predicted octanol–water partition coefficient (Wildman–Crippen LogP) is 4.63. The van der Waals surface area contributed by atoms with Crippen LogP contribution in [0.1, 0.15) is 31.9 Å². The van der Waals surface area contributed by atoms with E-state index in [1.807, 2.05) is 29.7 Å². The molecule has 0 aliphatic carbocycles. The lowest BCUT2D eigenvalue weighted by atomic mass is 10.3. The fraction of sp³-hybridized carbons (Fsp3) is 0.400. The number of thioether (sulfide) groups is 1. The quantitative estimate of drug-likeness (QED) is 0.485. The molecule has 5 nitrogen and oxygen atoms in total. The Bertz CT molecular complexity index is 783. The number of nitrogens with zero attached hydrogens (tertiary/aromatic N) is 4. The van der Waals surface area contributed by atoms with Crippen LogP contribution in [0.3, 0.4) is 0 Å². The topological polar surface area (TPSA) is 56.2 Å². The van der Waals surface area contributed by atoms with Gasteiger partial charge in [0.15, 0.2) is 0 Å². The Morgan fingerprint density at radius 3 is 2.95 bits per heavy atom. The van der Waals surface area contributed by atoms with Gasteiger partial charge in [-0.25, -0.2) is 4.98 Å². The molecule has 0 amide bonds. The van der Waals surface area contributed by atoms with E-state index >= 15 is 0 Å². The molecule has 0 saturated heterocycles. The molecule has 3 aromatic rings. The van der Waals surface area contributed by atoms with Crippen LogP contribution in [0.4, 0.5) is 0 Å². The van der Waals surface area contributed by atoms with Crippen molar-refractivity contribution in [3.8, 4) is 11.6 Å². The van der Waals surface area contributed by atoms with Gasteiger partial charge in [0.05, 0.1) is 10.7 Å². The second-order valence-electron chi connectivity index (χ2n) is 5.05. The molecule has 0 bridgehead atoms. The first-order valence-corrected chi connectivity index (χ1v) is 8.66. The van der Waals surface area contributed by atoms with Crippen LogP contribution in [0.25, 0.3) is 17.2 Å². The number of halogens is 1. The van der Waals surface area contributed by atoms with Gasteiger partial charge >= 0.3 is 0 Å². The van der Waals surface area contributed by atoms with E-state index in [-0.39, 0.29) is 0 Å². The number of rotatable bonds is 6. The molecule has 0 atom stereocenters. The maximum absolute atomic E-state index is 6.07. The highest BCUT2D eigenvalue weighted by Crippen LogP contribution is 2.28. The van der Waals surface area contributed by atoms with Gasteiger partial charge in [-0.05, 0) is 25.5 Å². The molecule has 0 aromatic carbocycles. The summed E-state index contributed by atoms with van der Waals surface area (Å²) in [5.41, 5.74) is 2.45. The third-order valence-electron chi connectivity index (χ3n) is 3.34. The van der Waals surface area contributed by atoms with Crippen LogP contribution in [-0.4, -0.2) is 25.3 Å². The van der Waals surface area contributed by atoms with Gasteiger partial charge in [-0.3, -0.25) is 4.40 Å². The number of unbranched alkanes of at least 4 members (excludes halogenated alkanes) is 2. The fourth-order valence-corrected chi connectivity index (χ4v) is 3.19. The molecule has 0 N–H and O–H groups in total. The molecular formula is C15H17ClN4OS. The molecule has 0 radical (unpaired) electrons. The number of aryl methyl sites for hydroxylation is 1. The average molecular weight is 337 g/mol. The van der Waals surface area contributed by atoms with Crippen LogP contribution in [0, 0.1) is 6.92 Å². The lowest BCUT2D eigenvalue weighted by Gasteiger charge is -1.98. The molecule has 0 aliphatic heterocycles. The van der Waals surface area contributed by atoms with Crippen molar-refractivity contribution in [2.24, 2.45) is 0 Å². The predicted molar refractivity (Wildman–Crippen MR) is 88.5 cm³/mol. The molecule has 3 heterocycles. The average Bonchev–Trinajstić information content (AvgIpc) is 3.07. The van der Waals surface area contributed by atoms with Crippen LogP contribution in [0.2, 0.25) is 5.02 Å². The summed E-state index contributed by atoms with van der Waals surface area (Å²) in [6.07, 6.45) is 5.39.